The van der Waals surface area contributed by atoms with Crippen LogP contribution in [0.15, 0.2) is 53.1 Å². The van der Waals surface area contributed by atoms with Crippen LogP contribution in [0.4, 0.5) is 8.78 Å². The van der Waals surface area contributed by atoms with Crippen LogP contribution in [0, 0.1) is 11.6 Å². The number of rotatable bonds is 3. The van der Waals surface area contributed by atoms with Gasteiger partial charge in [0, 0.05) is 24.2 Å². The van der Waals surface area contributed by atoms with Gasteiger partial charge in [-0.3, -0.25) is 4.79 Å². The number of carbonyl (C=O) groups is 1. The van der Waals surface area contributed by atoms with E-state index in [4.69, 9.17) is 4.52 Å². The van der Waals surface area contributed by atoms with Crippen molar-refractivity contribution in [3.63, 3.8) is 0 Å². The Morgan fingerprint density at radius 1 is 1.04 bits per heavy atom. The molecule has 1 aliphatic heterocycles. The summed E-state index contributed by atoms with van der Waals surface area (Å²) in [5.74, 6) is -0.0484. The lowest BCUT2D eigenvalue weighted by Crippen LogP contribution is -2.39. The van der Waals surface area contributed by atoms with Gasteiger partial charge < -0.3 is 9.42 Å². The molecule has 0 bridgehead atoms. The fourth-order valence-corrected chi connectivity index (χ4v) is 3.26. The summed E-state index contributed by atoms with van der Waals surface area (Å²) >= 11 is 0. The predicted molar refractivity (Wildman–Crippen MR) is 94.0 cm³/mol. The molecule has 2 heterocycles. The van der Waals surface area contributed by atoms with E-state index in [1.54, 1.807) is 17.0 Å². The van der Waals surface area contributed by atoms with Crippen molar-refractivity contribution in [1.29, 1.82) is 0 Å². The fraction of sp³-hybridized carbons (Fsp3) is 0.250. The summed E-state index contributed by atoms with van der Waals surface area (Å²) in [6.07, 6.45) is 1.64. The van der Waals surface area contributed by atoms with Crippen LogP contribution in [0.2, 0.25) is 0 Å². The van der Waals surface area contributed by atoms with E-state index in [1.165, 1.54) is 36.4 Å². The Morgan fingerprint density at radius 2 is 1.70 bits per heavy atom. The minimum absolute atomic E-state index is 0.0650. The molecule has 1 fully saturated rings. The molecule has 0 saturated carbocycles. The minimum atomic E-state index is -0.373. The molecule has 0 spiro atoms. The highest BCUT2D eigenvalue weighted by Crippen LogP contribution is 2.28. The molecule has 5 nitrogen and oxygen atoms in total. The molecule has 1 amide bonds. The molecule has 1 aromatic heterocycles. The summed E-state index contributed by atoms with van der Waals surface area (Å²) in [7, 11) is 0. The summed E-state index contributed by atoms with van der Waals surface area (Å²) in [5, 5.41) is 3.98. The van der Waals surface area contributed by atoms with Crippen molar-refractivity contribution in [2.45, 2.75) is 18.8 Å². The van der Waals surface area contributed by atoms with Gasteiger partial charge >= 0.3 is 0 Å². The van der Waals surface area contributed by atoms with Crippen LogP contribution in [0.5, 0.6) is 0 Å². The van der Waals surface area contributed by atoms with Crippen molar-refractivity contribution < 1.29 is 18.1 Å². The Bertz CT molecular complexity index is 939. The summed E-state index contributed by atoms with van der Waals surface area (Å²) in [5.41, 5.74) is 1.12. The van der Waals surface area contributed by atoms with E-state index in [0.29, 0.717) is 35.9 Å². The maximum atomic E-state index is 13.1. The van der Waals surface area contributed by atoms with E-state index in [9.17, 15) is 13.6 Å². The van der Waals surface area contributed by atoms with Crippen LogP contribution in [-0.2, 0) is 0 Å². The number of halogens is 2. The lowest BCUT2D eigenvalue weighted by Gasteiger charge is -2.31. The molecule has 0 unspecified atom stereocenters. The quantitative estimate of drug-likeness (QED) is 0.699. The van der Waals surface area contributed by atoms with Crippen molar-refractivity contribution in [1.82, 2.24) is 15.0 Å². The maximum absolute atomic E-state index is 13.1. The molecule has 7 heteroatoms. The molecule has 0 N–H and O–H groups in total. The highest BCUT2D eigenvalue weighted by Gasteiger charge is 2.29. The first kappa shape index (κ1) is 17.3. The molecule has 2 aromatic carbocycles. The molecule has 0 aliphatic carbocycles. The molecular formula is C20H17F2N3O2. The predicted octanol–water partition coefficient (Wildman–Crippen LogP) is 4.03. The lowest BCUT2D eigenvalue weighted by atomic mass is 9.97. The van der Waals surface area contributed by atoms with Crippen molar-refractivity contribution >= 4 is 5.91 Å². The van der Waals surface area contributed by atoms with Gasteiger partial charge in [0.05, 0.1) is 5.92 Å². The van der Waals surface area contributed by atoms with E-state index in [-0.39, 0.29) is 23.5 Å². The van der Waals surface area contributed by atoms with Gasteiger partial charge in [-0.15, -0.1) is 0 Å². The lowest BCUT2D eigenvalue weighted by molar-refractivity contribution is 0.0695. The normalized spacial score (nSPS) is 17.1. The third-order valence-electron chi connectivity index (χ3n) is 4.69. The maximum Gasteiger partial charge on any atom is 0.253 e. The molecule has 1 saturated heterocycles. The van der Waals surface area contributed by atoms with Gasteiger partial charge in [0.25, 0.3) is 5.91 Å². The smallest absolute Gasteiger partial charge is 0.253 e. The van der Waals surface area contributed by atoms with Crippen molar-refractivity contribution in [2.24, 2.45) is 0 Å². The van der Waals surface area contributed by atoms with Crippen molar-refractivity contribution in [3.05, 3.63) is 71.6 Å². The van der Waals surface area contributed by atoms with Crippen molar-refractivity contribution in [2.75, 3.05) is 13.1 Å². The second kappa shape index (κ2) is 7.26. The van der Waals surface area contributed by atoms with E-state index in [2.05, 4.69) is 10.1 Å². The largest absolute Gasteiger partial charge is 0.339 e. The number of hydrogen-bond donors (Lipinski definition) is 0. The number of hydrogen-bond acceptors (Lipinski definition) is 4. The number of benzene rings is 2. The molecule has 4 rings (SSSR count). The summed E-state index contributed by atoms with van der Waals surface area (Å²) in [4.78, 5) is 18.8. The Labute approximate surface area is 154 Å². The number of aromatic nitrogens is 2. The SMILES string of the molecule is O=C(c1ccc(F)cc1)N1CCC[C@H](c2nc(-c3ccc(F)cc3)no2)C1. The zero-order valence-corrected chi connectivity index (χ0v) is 14.4. The highest BCUT2D eigenvalue weighted by atomic mass is 19.1. The molecule has 1 atom stereocenters. The van der Waals surface area contributed by atoms with Crippen LogP contribution in [-0.4, -0.2) is 34.0 Å². The number of amides is 1. The van der Waals surface area contributed by atoms with E-state index in [0.717, 1.165) is 12.8 Å². The Morgan fingerprint density at radius 3 is 2.41 bits per heavy atom. The summed E-state index contributed by atoms with van der Waals surface area (Å²) in [6, 6.07) is 11.4. The van der Waals surface area contributed by atoms with Crippen LogP contribution >= 0.6 is 0 Å². The zero-order valence-electron chi connectivity index (χ0n) is 14.4. The van der Waals surface area contributed by atoms with Crippen LogP contribution < -0.4 is 0 Å². The van der Waals surface area contributed by atoms with E-state index < -0.39 is 0 Å². The number of carbonyl (C=O) groups excluding carboxylic acids is 1. The molecule has 138 valence electrons. The van der Waals surface area contributed by atoms with Gasteiger partial charge in [0.1, 0.15) is 11.6 Å². The minimum Gasteiger partial charge on any atom is -0.339 e. The van der Waals surface area contributed by atoms with Gasteiger partial charge in [0.2, 0.25) is 11.7 Å². The zero-order chi connectivity index (χ0) is 18.8. The van der Waals surface area contributed by atoms with E-state index in [1.807, 2.05) is 0 Å². The Kier molecular flexibility index (Phi) is 4.66. The average Bonchev–Trinajstić information content (AvgIpc) is 3.19. The highest BCUT2D eigenvalue weighted by molar-refractivity contribution is 5.94. The second-order valence-corrected chi connectivity index (χ2v) is 6.56. The van der Waals surface area contributed by atoms with Gasteiger partial charge in [-0.2, -0.15) is 4.98 Å². The van der Waals surface area contributed by atoms with E-state index >= 15 is 0 Å². The number of piperidine rings is 1. The summed E-state index contributed by atoms with van der Waals surface area (Å²) in [6.45, 7) is 1.09. The molecule has 3 aromatic rings. The summed E-state index contributed by atoms with van der Waals surface area (Å²) < 4.78 is 31.5. The number of nitrogens with zero attached hydrogens (tertiary/aromatic N) is 3. The first-order valence-corrected chi connectivity index (χ1v) is 8.74. The number of likely N-dealkylation sites (tertiary alicyclic amines) is 1. The standard InChI is InChI=1S/C20H17F2N3O2/c21-16-7-3-13(4-8-16)18-23-19(27-24-18)15-2-1-11-25(12-15)20(26)14-5-9-17(22)10-6-14/h3-10,15H,1-2,11-12H2/t15-/m0/s1. The topological polar surface area (TPSA) is 59.2 Å². The van der Waals surface area contributed by atoms with Gasteiger partial charge in [-0.25, -0.2) is 8.78 Å². The Hall–Kier alpha value is -3.09. The van der Waals surface area contributed by atoms with Crippen LogP contribution in [0.1, 0.15) is 35.0 Å². The molecular weight excluding hydrogens is 352 g/mol. The first-order chi connectivity index (χ1) is 13.1. The molecule has 27 heavy (non-hydrogen) atoms. The first-order valence-electron chi connectivity index (χ1n) is 8.74. The van der Waals surface area contributed by atoms with Gasteiger partial charge in [-0.1, -0.05) is 5.16 Å². The van der Waals surface area contributed by atoms with Gasteiger partial charge in [0.15, 0.2) is 0 Å². The molecule has 0 radical (unpaired) electrons. The second-order valence-electron chi connectivity index (χ2n) is 6.56. The fourth-order valence-electron chi connectivity index (χ4n) is 3.26. The van der Waals surface area contributed by atoms with Crippen LogP contribution in [0.3, 0.4) is 0 Å². The van der Waals surface area contributed by atoms with Crippen molar-refractivity contribution in [3.8, 4) is 11.4 Å². The molecule has 1 aliphatic rings. The van der Waals surface area contributed by atoms with Crippen LogP contribution in [0.25, 0.3) is 11.4 Å². The Balaban J connectivity index is 1.49. The average molecular weight is 369 g/mol. The monoisotopic (exact) mass is 369 g/mol. The third kappa shape index (κ3) is 3.72. The van der Waals surface area contributed by atoms with Gasteiger partial charge in [-0.05, 0) is 61.4 Å². The third-order valence-corrected chi connectivity index (χ3v) is 4.69.